The van der Waals surface area contributed by atoms with Crippen LogP contribution in [0.2, 0.25) is 0 Å². The van der Waals surface area contributed by atoms with Gasteiger partial charge in [-0.2, -0.15) is 0 Å². The van der Waals surface area contributed by atoms with E-state index in [1.54, 1.807) is 25.0 Å². The van der Waals surface area contributed by atoms with E-state index in [1.807, 2.05) is 53.6 Å². The maximum atomic E-state index is 4.50. The molecule has 0 bridgehead atoms. The van der Waals surface area contributed by atoms with Crippen LogP contribution in [0.1, 0.15) is 13.8 Å². The largest absolute Gasteiger partial charge is 0.290 e. The summed E-state index contributed by atoms with van der Waals surface area (Å²) in [5, 5.41) is 0. The average Bonchev–Trinajstić information content (AvgIpc) is 3.15. The molecule has 0 aliphatic carbocycles. The van der Waals surface area contributed by atoms with E-state index < -0.39 is 0 Å². The molecule has 0 amide bonds. The molecule has 0 N–H and O–H groups in total. The van der Waals surface area contributed by atoms with Crippen molar-refractivity contribution in [2.75, 3.05) is 0 Å². The molecule has 0 aromatic carbocycles. The number of imidazole rings is 2. The zero-order chi connectivity index (χ0) is 12.8. The van der Waals surface area contributed by atoms with E-state index in [0.29, 0.717) is 0 Å². The topological polar surface area (TPSA) is 48.5 Å². The van der Waals surface area contributed by atoms with Crippen LogP contribution in [0, 0.1) is 0 Å². The third-order valence-electron chi connectivity index (χ3n) is 2.26. The highest BCUT2D eigenvalue weighted by molar-refractivity contribution is 5.31. The second-order valence-corrected chi connectivity index (χ2v) is 3.29. The SMILES string of the molecule is CC.c1cc(-n2ccnc2)nc(-n2ccnc2)c1. The summed E-state index contributed by atoms with van der Waals surface area (Å²) >= 11 is 0. The highest BCUT2D eigenvalue weighted by Crippen LogP contribution is 2.08. The lowest BCUT2D eigenvalue weighted by atomic mass is 10.4. The molecule has 0 saturated carbocycles. The predicted octanol–water partition coefficient (Wildman–Crippen LogP) is 2.48. The van der Waals surface area contributed by atoms with E-state index in [1.165, 1.54) is 0 Å². The Kier molecular flexibility index (Phi) is 3.86. The number of hydrogen-bond donors (Lipinski definition) is 0. The van der Waals surface area contributed by atoms with Crippen LogP contribution in [-0.4, -0.2) is 24.1 Å². The molecule has 3 rings (SSSR count). The first-order chi connectivity index (χ1) is 8.93. The van der Waals surface area contributed by atoms with Crippen molar-refractivity contribution in [2.45, 2.75) is 13.8 Å². The quantitative estimate of drug-likeness (QED) is 0.692. The van der Waals surface area contributed by atoms with Gasteiger partial charge in [-0.3, -0.25) is 9.13 Å². The van der Waals surface area contributed by atoms with Gasteiger partial charge in [0.25, 0.3) is 0 Å². The number of nitrogens with zero attached hydrogens (tertiary/aromatic N) is 5. The van der Waals surface area contributed by atoms with Gasteiger partial charge in [-0.05, 0) is 12.1 Å². The number of hydrogen-bond acceptors (Lipinski definition) is 3. The van der Waals surface area contributed by atoms with Gasteiger partial charge in [0.2, 0.25) is 0 Å². The van der Waals surface area contributed by atoms with Gasteiger partial charge in [-0.1, -0.05) is 19.9 Å². The van der Waals surface area contributed by atoms with E-state index >= 15 is 0 Å². The van der Waals surface area contributed by atoms with Crippen molar-refractivity contribution in [3.8, 4) is 11.6 Å². The van der Waals surface area contributed by atoms with Gasteiger partial charge >= 0.3 is 0 Å². The first-order valence-corrected chi connectivity index (χ1v) is 5.87. The van der Waals surface area contributed by atoms with E-state index in [-0.39, 0.29) is 0 Å². The Hall–Kier alpha value is -2.43. The molecule has 0 spiro atoms. The minimum absolute atomic E-state index is 0.837. The summed E-state index contributed by atoms with van der Waals surface area (Å²) in [5.74, 6) is 1.67. The predicted molar refractivity (Wildman–Crippen MR) is 69.8 cm³/mol. The normalized spacial score (nSPS) is 9.67. The third-order valence-corrected chi connectivity index (χ3v) is 2.26. The molecule has 0 radical (unpaired) electrons. The van der Waals surface area contributed by atoms with Crippen LogP contribution in [0.3, 0.4) is 0 Å². The van der Waals surface area contributed by atoms with Crippen LogP contribution >= 0.6 is 0 Å². The molecule has 3 aromatic heterocycles. The fourth-order valence-electron chi connectivity index (χ4n) is 1.49. The summed E-state index contributed by atoms with van der Waals surface area (Å²) in [5.41, 5.74) is 0. The maximum Gasteiger partial charge on any atom is 0.140 e. The van der Waals surface area contributed by atoms with Crippen LogP contribution in [0.15, 0.2) is 55.6 Å². The molecular weight excluding hydrogens is 226 g/mol. The maximum absolute atomic E-state index is 4.50. The smallest absolute Gasteiger partial charge is 0.140 e. The van der Waals surface area contributed by atoms with E-state index in [4.69, 9.17) is 0 Å². The van der Waals surface area contributed by atoms with Crippen molar-refractivity contribution >= 4 is 0 Å². The number of aromatic nitrogens is 5. The monoisotopic (exact) mass is 241 g/mol. The zero-order valence-corrected chi connectivity index (χ0v) is 10.4. The molecule has 3 aromatic rings. The van der Waals surface area contributed by atoms with Crippen molar-refractivity contribution in [1.29, 1.82) is 0 Å². The molecule has 92 valence electrons. The van der Waals surface area contributed by atoms with Gasteiger partial charge in [-0.25, -0.2) is 15.0 Å². The van der Waals surface area contributed by atoms with Crippen molar-refractivity contribution < 1.29 is 0 Å². The van der Waals surface area contributed by atoms with Crippen molar-refractivity contribution in [1.82, 2.24) is 24.1 Å². The summed E-state index contributed by atoms with van der Waals surface area (Å²) in [4.78, 5) is 12.5. The van der Waals surface area contributed by atoms with Gasteiger partial charge in [0.15, 0.2) is 0 Å². The Bertz CT molecular complexity index is 520. The summed E-state index contributed by atoms with van der Waals surface area (Å²) in [6.07, 6.45) is 10.6. The number of pyridine rings is 1. The molecule has 18 heavy (non-hydrogen) atoms. The van der Waals surface area contributed by atoms with E-state index in [2.05, 4.69) is 15.0 Å². The average molecular weight is 241 g/mol. The molecule has 0 aliphatic rings. The lowest BCUT2D eigenvalue weighted by Crippen LogP contribution is -1.99. The molecule has 0 fully saturated rings. The van der Waals surface area contributed by atoms with E-state index in [9.17, 15) is 0 Å². The van der Waals surface area contributed by atoms with E-state index in [0.717, 1.165) is 11.6 Å². The van der Waals surface area contributed by atoms with Crippen LogP contribution in [0.25, 0.3) is 11.6 Å². The highest BCUT2D eigenvalue weighted by Gasteiger charge is 2.00. The minimum Gasteiger partial charge on any atom is -0.290 e. The first kappa shape index (κ1) is 12.0. The first-order valence-electron chi connectivity index (χ1n) is 5.87. The minimum atomic E-state index is 0.837. The molecule has 5 heteroatoms. The fraction of sp³-hybridized carbons (Fsp3) is 0.154. The van der Waals surface area contributed by atoms with Crippen molar-refractivity contribution in [3.63, 3.8) is 0 Å². The second-order valence-electron chi connectivity index (χ2n) is 3.29. The summed E-state index contributed by atoms with van der Waals surface area (Å²) in [6, 6.07) is 5.82. The molecule has 0 atom stereocenters. The van der Waals surface area contributed by atoms with Crippen molar-refractivity contribution in [3.05, 3.63) is 55.6 Å². The standard InChI is InChI=1S/C11H9N5.C2H6/c1-2-10(15-6-4-12-8-15)14-11(3-1)16-7-5-13-9-16;1-2/h1-9H;1-2H3. The van der Waals surface area contributed by atoms with Gasteiger partial charge in [0.1, 0.15) is 24.3 Å². The molecular formula is C13H15N5. The molecule has 0 aliphatic heterocycles. The number of rotatable bonds is 2. The second kappa shape index (κ2) is 5.77. The zero-order valence-electron chi connectivity index (χ0n) is 10.4. The molecule has 0 unspecified atom stereocenters. The summed E-state index contributed by atoms with van der Waals surface area (Å²) < 4.78 is 3.72. The van der Waals surface area contributed by atoms with Gasteiger partial charge in [0, 0.05) is 24.8 Å². The van der Waals surface area contributed by atoms with Gasteiger partial charge in [0.05, 0.1) is 0 Å². The highest BCUT2D eigenvalue weighted by atomic mass is 15.1. The van der Waals surface area contributed by atoms with Gasteiger partial charge < -0.3 is 0 Å². The van der Waals surface area contributed by atoms with Crippen molar-refractivity contribution in [2.24, 2.45) is 0 Å². The van der Waals surface area contributed by atoms with Gasteiger partial charge in [-0.15, -0.1) is 0 Å². The van der Waals surface area contributed by atoms with Crippen LogP contribution < -0.4 is 0 Å². The van der Waals surface area contributed by atoms with Crippen LogP contribution in [0.5, 0.6) is 0 Å². The fourth-order valence-corrected chi connectivity index (χ4v) is 1.49. The Morgan fingerprint density at radius 2 is 1.33 bits per heavy atom. The lowest BCUT2D eigenvalue weighted by molar-refractivity contribution is 0.934. The summed E-state index contributed by atoms with van der Waals surface area (Å²) in [7, 11) is 0. The molecule has 3 heterocycles. The Morgan fingerprint density at radius 1 is 0.833 bits per heavy atom. The summed E-state index contributed by atoms with van der Waals surface area (Å²) in [6.45, 7) is 4.00. The molecule has 5 nitrogen and oxygen atoms in total. The lowest BCUT2D eigenvalue weighted by Gasteiger charge is -2.04. The Balaban J connectivity index is 0.000000574. The molecule has 0 saturated heterocycles. The van der Waals surface area contributed by atoms with Crippen LogP contribution in [-0.2, 0) is 0 Å². The van der Waals surface area contributed by atoms with Crippen LogP contribution in [0.4, 0.5) is 0 Å². The Labute approximate surface area is 106 Å². The third kappa shape index (κ3) is 2.45. The Morgan fingerprint density at radius 3 is 1.72 bits per heavy atom.